The minimum absolute atomic E-state index is 0.170. The maximum Gasteiger partial charge on any atom is 0.319 e. The second-order valence-electron chi connectivity index (χ2n) is 4.39. The van der Waals surface area contributed by atoms with Crippen LogP contribution in [-0.4, -0.2) is 30.3 Å². The Morgan fingerprint density at radius 2 is 2.33 bits per heavy atom. The molecule has 1 atom stereocenters. The highest BCUT2D eigenvalue weighted by Gasteiger charge is 2.24. The summed E-state index contributed by atoms with van der Waals surface area (Å²) in [5.74, 6) is 1.86. The average molecular weight is 286 g/mol. The summed E-state index contributed by atoms with van der Waals surface area (Å²) < 4.78 is 0. The summed E-state index contributed by atoms with van der Waals surface area (Å²) in [5.41, 5.74) is 6.51. The van der Waals surface area contributed by atoms with Crippen LogP contribution in [0.4, 0.5) is 10.5 Å². The summed E-state index contributed by atoms with van der Waals surface area (Å²) in [5, 5.41) is 8.81. The number of nitrogens with two attached hydrogens (primary N) is 1. The zero-order valence-electron chi connectivity index (χ0n) is 11.1. The third-order valence-electron chi connectivity index (χ3n) is 2.79. The minimum atomic E-state index is -0.618. The van der Waals surface area contributed by atoms with Crippen LogP contribution in [0, 0.1) is 12.3 Å². The number of amides is 3. The summed E-state index contributed by atoms with van der Waals surface area (Å²) in [6.07, 6.45) is 5.17. The van der Waals surface area contributed by atoms with E-state index in [1.54, 1.807) is 24.3 Å². The molecule has 0 radical (unpaired) electrons. The molecule has 108 valence electrons. The van der Waals surface area contributed by atoms with Crippen molar-refractivity contribution >= 4 is 23.3 Å². The van der Waals surface area contributed by atoms with E-state index < -0.39 is 18.0 Å². The molecule has 0 saturated heterocycles. The first-order valence-electron chi connectivity index (χ1n) is 6.22. The molecule has 0 spiro atoms. The van der Waals surface area contributed by atoms with Gasteiger partial charge in [-0.25, -0.2) is 4.79 Å². The van der Waals surface area contributed by atoms with Gasteiger partial charge in [0.2, 0.25) is 0 Å². The fourth-order valence-electron chi connectivity index (χ4n) is 1.75. The van der Waals surface area contributed by atoms with Gasteiger partial charge in [-0.2, -0.15) is 0 Å². The van der Waals surface area contributed by atoms with Crippen LogP contribution in [-0.2, 0) is 9.63 Å². The molecule has 3 amide bonds. The molecule has 0 aromatic heterocycles. The van der Waals surface area contributed by atoms with Crippen molar-refractivity contribution in [1.82, 2.24) is 5.32 Å². The molecule has 7 nitrogen and oxygen atoms in total. The van der Waals surface area contributed by atoms with E-state index in [-0.39, 0.29) is 18.7 Å². The van der Waals surface area contributed by atoms with Crippen molar-refractivity contribution in [1.29, 1.82) is 0 Å². The van der Waals surface area contributed by atoms with E-state index in [0.717, 1.165) is 0 Å². The molecule has 1 aliphatic rings. The summed E-state index contributed by atoms with van der Waals surface area (Å²) in [6.45, 7) is 0.209. The number of nitrogens with one attached hydrogen (secondary N) is 2. The second-order valence-corrected chi connectivity index (χ2v) is 4.39. The van der Waals surface area contributed by atoms with Gasteiger partial charge in [0.1, 0.15) is 5.71 Å². The monoisotopic (exact) mass is 286 g/mol. The number of anilines is 1. The van der Waals surface area contributed by atoms with Gasteiger partial charge in [-0.15, -0.1) is 6.42 Å². The number of terminal acetylenes is 1. The van der Waals surface area contributed by atoms with Crippen molar-refractivity contribution in [2.24, 2.45) is 10.9 Å². The molecule has 7 heteroatoms. The third-order valence-corrected chi connectivity index (χ3v) is 2.79. The maximum atomic E-state index is 11.7. The van der Waals surface area contributed by atoms with Gasteiger partial charge < -0.3 is 21.2 Å². The number of urea groups is 1. The largest absolute Gasteiger partial charge is 0.390 e. The van der Waals surface area contributed by atoms with Crippen LogP contribution in [0.2, 0.25) is 0 Å². The van der Waals surface area contributed by atoms with Gasteiger partial charge in [0, 0.05) is 17.7 Å². The molecular weight excluding hydrogens is 272 g/mol. The van der Waals surface area contributed by atoms with Crippen LogP contribution < -0.4 is 16.4 Å². The fourth-order valence-corrected chi connectivity index (χ4v) is 1.75. The fraction of sp³-hybridized carbons (Fsp3) is 0.214. The first-order chi connectivity index (χ1) is 10.1. The lowest BCUT2D eigenvalue weighted by Gasteiger charge is -2.11. The Hall–Kier alpha value is -3.01. The second kappa shape index (κ2) is 6.43. The number of carbonyl (C=O) groups is 2. The SMILES string of the molecule is C#Cc1cccc(NC(=O)NC[C@@H]2CC(C(N)=O)=NO2)c1. The molecule has 0 saturated carbocycles. The lowest BCUT2D eigenvalue weighted by atomic mass is 10.2. The number of carbonyl (C=O) groups excluding carboxylic acids is 2. The number of nitrogens with zero attached hydrogens (tertiary/aromatic N) is 1. The number of benzene rings is 1. The molecule has 0 fully saturated rings. The Morgan fingerprint density at radius 3 is 3.00 bits per heavy atom. The Balaban J connectivity index is 1.78. The first-order valence-corrected chi connectivity index (χ1v) is 6.22. The molecule has 1 heterocycles. The number of oxime groups is 1. The van der Waals surface area contributed by atoms with Gasteiger partial charge in [-0.3, -0.25) is 4.79 Å². The van der Waals surface area contributed by atoms with E-state index in [0.29, 0.717) is 11.3 Å². The summed E-state index contributed by atoms with van der Waals surface area (Å²) in [6, 6.07) is 6.51. The van der Waals surface area contributed by atoms with Gasteiger partial charge in [-0.05, 0) is 18.2 Å². The zero-order valence-corrected chi connectivity index (χ0v) is 11.1. The van der Waals surface area contributed by atoms with Gasteiger partial charge in [-0.1, -0.05) is 17.1 Å². The van der Waals surface area contributed by atoms with Crippen molar-refractivity contribution < 1.29 is 14.4 Å². The normalized spacial score (nSPS) is 16.3. The average Bonchev–Trinajstić information content (AvgIpc) is 2.94. The van der Waals surface area contributed by atoms with Crippen LogP contribution in [0.3, 0.4) is 0 Å². The zero-order chi connectivity index (χ0) is 15.2. The number of rotatable bonds is 4. The molecule has 1 aliphatic heterocycles. The van der Waals surface area contributed by atoms with Crippen LogP contribution in [0.15, 0.2) is 29.4 Å². The molecule has 0 aliphatic carbocycles. The van der Waals surface area contributed by atoms with Crippen LogP contribution in [0.25, 0.3) is 0 Å². The Bertz CT molecular complexity index is 633. The van der Waals surface area contributed by atoms with E-state index in [4.69, 9.17) is 17.0 Å². The van der Waals surface area contributed by atoms with Crippen molar-refractivity contribution in [3.05, 3.63) is 29.8 Å². The highest BCUT2D eigenvalue weighted by atomic mass is 16.6. The number of primary amides is 1. The molecule has 2 rings (SSSR count). The Labute approximate surface area is 121 Å². The molecule has 0 unspecified atom stereocenters. The molecule has 0 bridgehead atoms. The Kier molecular flexibility index (Phi) is 4.41. The van der Waals surface area contributed by atoms with E-state index in [1.807, 2.05) is 0 Å². The number of hydrogen-bond acceptors (Lipinski definition) is 4. The van der Waals surface area contributed by atoms with Crippen LogP contribution in [0.5, 0.6) is 0 Å². The predicted molar refractivity (Wildman–Crippen MR) is 77.5 cm³/mol. The van der Waals surface area contributed by atoms with Gasteiger partial charge >= 0.3 is 6.03 Å². The molecule has 1 aromatic rings. The number of hydrogen-bond donors (Lipinski definition) is 3. The minimum Gasteiger partial charge on any atom is -0.390 e. The highest BCUT2D eigenvalue weighted by Crippen LogP contribution is 2.11. The third kappa shape index (κ3) is 3.98. The van der Waals surface area contributed by atoms with Gasteiger partial charge in [0.25, 0.3) is 5.91 Å². The van der Waals surface area contributed by atoms with E-state index in [9.17, 15) is 9.59 Å². The topological polar surface area (TPSA) is 106 Å². The van der Waals surface area contributed by atoms with E-state index in [2.05, 4.69) is 21.7 Å². The predicted octanol–water partition coefficient (Wildman–Crippen LogP) is 0.420. The van der Waals surface area contributed by atoms with Crippen molar-refractivity contribution in [3.63, 3.8) is 0 Å². The summed E-state index contributed by atoms with van der Waals surface area (Å²) in [4.78, 5) is 27.6. The Morgan fingerprint density at radius 1 is 1.52 bits per heavy atom. The van der Waals surface area contributed by atoms with Crippen molar-refractivity contribution in [3.8, 4) is 12.3 Å². The van der Waals surface area contributed by atoms with Crippen molar-refractivity contribution in [2.45, 2.75) is 12.5 Å². The molecule has 21 heavy (non-hydrogen) atoms. The van der Waals surface area contributed by atoms with Gasteiger partial charge in [0.05, 0.1) is 6.54 Å². The smallest absolute Gasteiger partial charge is 0.319 e. The molecule has 4 N–H and O–H groups in total. The highest BCUT2D eigenvalue weighted by molar-refractivity contribution is 6.38. The summed E-state index contributed by atoms with van der Waals surface area (Å²) in [7, 11) is 0. The lowest BCUT2D eigenvalue weighted by molar-refractivity contribution is -0.112. The molecular formula is C14H14N4O3. The molecule has 1 aromatic carbocycles. The van der Waals surface area contributed by atoms with Gasteiger partial charge in [0.15, 0.2) is 6.10 Å². The quantitative estimate of drug-likeness (QED) is 0.698. The van der Waals surface area contributed by atoms with Crippen molar-refractivity contribution in [2.75, 3.05) is 11.9 Å². The van der Waals surface area contributed by atoms with Crippen LogP contribution >= 0.6 is 0 Å². The maximum absolute atomic E-state index is 11.7. The summed E-state index contributed by atoms with van der Waals surface area (Å²) >= 11 is 0. The lowest BCUT2D eigenvalue weighted by Crippen LogP contribution is -2.36. The van der Waals surface area contributed by atoms with E-state index >= 15 is 0 Å². The van der Waals surface area contributed by atoms with Crippen LogP contribution in [0.1, 0.15) is 12.0 Å². The standard InChI is InChI=1S/C14H14N4O3/c1-2-9-4-3-5-10(6-9)17-14(20)16-8-11-7-12(13(15)19)18-21-11/h1,3-6,11H,7-8H2,(H2,15,19)(H2,16,17,20)/t11-/m0/s1. The van der Waals surface area contributed by atoms with E-state index in [1.165, 1.54) is 0 Å². The first kappa shape index (κ1) is 14.4.